The van der Waals surface area contributed by atoms with E-state index in [4.69, 9.17) is 52.1 Å². The first-order valence-electron chi connectivity index (χ1n) is 23.1. The summed E-state index contributed by atoms with van der Waals surface area (Å²) in [5, 5.41) is 197. The lowest BCUT2D eigenvalue weighted by atomic mass is 9.94. The van der Waals surface area contributed by atoms with Crippen molar-refractivity contribution in [3.8, 4) is 0 Å². The highest BCUT2D eigenvalue weighted by Crippen LogP contribution is 2.36. The third kappa shape index (κ3) is 13.0. The van der Waals surface area contributed by atoms with E-state index in [2.05, 4.69) is 10.6 Å². The molecule has 0 aromatic carbocycles. The molecule has 6 heterocycles. The van der Waals surface area contributed by atoms with E-state index in [1.807, 2.05) is 0 Å². The number of hydrogen-bond donors (Lipinski definition) is 20. The van der Waals surface area contributed by atoms with Crippen LogP contribution in [0.2, 0.25) is 0 Å². The third-order valence-corrected chi connectivity index (χ3v) is 13.2. The van der Waals surface area contributed by atoms with E-state index >= 15 is 0 Å². The lowest BCUT2D eigenvalue weighted by molar-refractivity contribution is -0.386. The van der Waals surface area contributed by atoms with Crippen molar-refractivity contribution in [2.45, 2.75) is 198 Å². The number of ether oxygens (including phenoxy) is 11. The van der Waals surface area contributed by atoms with Gasteiger partial charge in [-0.1, -0.05) is 0 Å². The van der Waals surface area contributed by atoms with Crippen LogP contribution in [0.4, 0.5) is 0 Å². The molecule has 0 spiro atoms. The molecule has 33 heteroatoms. The summed E-state index contributed by atoms with van der Waals surface area (Å²) in [6.45, 7) is -3.62. The van der Waals surface area contributed by atoms with Gasteiger partial charge in [-0.3, -0.25) is 9.59 Å². The fraction of sp³-hybridized carbons (Fsp3) is 0.950. The number of rotatable bonds is 18. The van der Waals surface area contributed by atoms with Gasteiger partial charge in [0.2, 0.25) is 11.8 Å². The largest absolute Gasteiger partial charge is 0.394 e. The van der Waals surface area contributed by atoms with E-state index in [0.717, 1.165) is 13.8 Å². The summed E-state index contributed by atoms with van der Waals surface area (Å²) in [6.07, 6.45) is -53.5. The maximum absolute atomic E-state index is 12.6. The van der Waals surface area contributed by atoms with E-state index in [1.54, 1.807) is 0 Å². The molecule has 6 rings (SSSR count). The molecule has 73 heavy (non-hydrogen) atoms. The Morgan fingerprint density at radius 1 is 0.356 bits per heavy atom. The van der Waals surface area contributed by atoms with E-state index < -0.39 is 236 Å². The summed E-state index contributed by atoms with van der Waals surface area (Å²) in [7, 11) is 0. The zero-order valence-electron chi connectivity index (χ0n) is 38.9. The summed E-state index contributed by atoms with van der Waals surface area (Å²) in [4.78, 5) is 24.4. The number of carbonyl (C=O) groups excluding carboxylic acids is 2. The molecule has 6 aliphatic heterocycles. The van der Waals surface area contributed by atoms with Crippen molar-refractivity contribution in [3.05, 3.63) is 0 Å². The molecule has 0 bridgehead atoms. The van der Waals surface area contributed by atoms with Gasteiger partial charge in [-0.25, -0.2) is 0 Å². The third-order valence-electron chi connectivity index (χ3n) is 13.2. The lowest BCUT2D eigenvalue weighted by Gasteiger charge is -2.50. The predicted molar refractivity (Wildman–Crippen MR) is 222 cm³/mol. The van der Waals surface area contributed by atoms with E-state index in [9.17, 15) is 102 Å². The first-order valence-corrected chi connectivity index (χ1v) is 23.1. The summed E-state index contributed by atoms with van der Waals surface area (Å²) in [6, 6.07) is -3.28. The van der Waals surface area contributed by atoms with Crippen LogP contribution in [0.5, 0.6) is 0 Å². The fourth-order valence-corrected chi connectivity index (χ4v) is 9.21. The van der Waals surface area contributed by atoms with Crippen LogP contribution in [0, 0.1) is 0 Å². The van der Waals surface area contributed by atoms with Gasteiger partial charge in [0.25, 0.3) is 0 Å². The van der Waals surface area contributed by atoms with Gasteiger partial charge in [0.1, 0.15) is 146 Å². The van der Waals surface area contributed by atoms with Crippen molar-refractivity contribution in [3.63, 3.8) is 0 Å². The van der Waals surface area contributed by atoms with Crippen LogP contribution in [-0.4, -0.2) is 327 Å². The minimum atomic E-state index is -2.27. The number of aliphatic hydroxyl groups is 18. The maximum Gasteiger partial charge on any atom is 0.217 e. The summed E-state index contributed by atoms with van der Waals surface area (Å²) in [5.74, 6) is -1.55. The first kappa shape index (κ1) is 60.0. The number of carbonyl (C=O) groups is 2. The molecule has 0 radical (unpaired) electrons. The zero-order valence-corrected chi connectivity index (χ0v) is 38.9. The normalized spacial score (nSPS) is 49.8. The highest BCUT2D eigenvalue weighted by Gasteiger charge is 2.57. The first-order chi connectivity index (χ1) is 34.5. The van der Waals surface area contributed by atoms with Gasteiger partial charge in [0, 0.05) is 13.8 Å². The Morgan fingerprint density at radius 2 is 0.699 bits per heavy atom. The van der Waals surface area contributed by atoms with Crippen molar-refractivity contribution in [1.29, 1.82) is 0 Å². The minimum Gasteiger partial charge on any atom is -0.394 e. The molecule has 20 N–H and O–H groups in total. The monoisotopic (exact) mass is 1070 g/mol. The fourth-order valence-electron chi connectivity index (χ4n) is 9.21. The van der Waals surface area contributed by atoms with Crippen LogP contribution < -0.4 is 10.6 Å². The van der Waals surface area contributed by atoms with Crippen molar-refractivity contribution in [1.82, 2.24) is 10.6 Å². The molecular weight excluding hydrogens is 1000 g/mol. The second kappa shape index (κ2) is 26.0. The number of amides is 2. The molecule has 30 atom stereocenters. The van der Waals surface area contributed by atoms with Crippen LogP contribution in [-0.2, 0) is 61.7 Å². The standard InChI is InChI=1S/C40H68N2O31/c1-9(48)41-17-23(54)31(14(6-46)64-35(17)62)70-36-18(42-10(2)49)24(55)32(15(7-47)68-36)71-40-30(61)34(73-39-28(59)26(57)20(51)12(4-44)67-39)22(53)16(69-40)8-63-37-29(60)33(21(52)13(5-45)65-37)72-38-27(58)25(56)19(50)11(3-43)66-38/h11-40,43-47,50-62H,3-8H2,1-2H3,(H,41,48)(H,42,49)/t11-,12-,13-,14-,15-,16-,17-,18-,19-,20-,21-,22-,23-,24-,25+,26+,27+,28+,29+,30+,31-,32-,33+,34+,35-,36+,37+,38-,39+,40+/m1/s1. The second-order valence-corrected chi connectivity index (χ2v) is 18.3. The Kier molecular flexibility index (Phi) is 21.3. The molecule has 6 aliphatic rings. The molecule has 0 aliphatic carbocycles. The molecule has 0 aromatic heterocycles. The summed E-state index contributed by atoms with van der Waals surface area (Å²) >= 11 is 0. The van der Waals surface area contributed by atoms with Crippen molar-refractivity contribution < 1.29 is 154 Å². The Hall–Kier alpha value is -2.22. The highest BCUT2D eigenvalue weighted by atomic mass is 16.8. The molecule has 424 valence electrons. The van der Waals surface area contributed by atoms with Gasteiger partial charge in [0.15, 0.2) is 37.7 Å². The van der Waals surface area contributed by atoms with Crippen molar-refractivity contribution >= 4 is 11.8 Å². The van der Waals surface area contributed by atoms with Gasteiger partial charge >= 0.3 is 0 Å². The maximum atomic E-state index is 12.6. The quantitative estimate of drug-likeness (QED) is 0.0606. The van der Waals surface area contributed by atoms with Gasteiger partial charge < -0.3 is 155 Å². The molecule has 0 aromatic rings. The van der Waals surface area contributed by atoms with Crippen molar-refractivity contribution in [2.75, 3.05) is 39.6 Å². The van der Waals surface area contributed by atoms with Gasteiger partial charge in [-0.05, 0) is 0 Å². The molecule has 0 saturated carbocycles. The zero-order chi connectivity index (χ0) is 53.9. The van der Waals surface area contributed by atoms with Crippen molar-refractivity contribution in [2.24, 2.45) is 0 Å². The van der Waals surface area contributed by atoms with E-state index in [0.29, 0.717) is 0 Å². The van der Waals surface area contributed by atoms with E-state index in [-0.39, 0.29) is 0 Å². The average molecular weight is 1070 g/mol. The lowest BCUT2D eigenvalue weighted by Crippen LogP contribution is -2.70. The Labute approximate surface area is 413 Å². The van der Waals surface area contributed by atoms with Crippen LogP contribution in [0.1, 0.15) is 13.8 Å². The molecule has 2 amide bonds. The molecule has 6 fully saturated rings. The minimum absolute atomic E-state index is 0.716. The Balaban J connectivity index is 1.26. The van der Waals surface area contributed by atoms with Crippen LogP contribution in [0.25, 0.3) is 0 Å². The summed E-state index contributed by atoms with van der Waals surface area (Å²) < 4.78 is 62.5. The topological polar surface area (TPSA) is 524 Å². The van der Waals surface area contributed by atoms with Gasteiger partial charge in [-0.2, -0.15) is 0 Å². The van der Waals surface area contributed by atoms with Gasteiger partial charge in [-0.15, -0.1) is 0 Å². The van der Waals surface area contributed by atoms with E-state index in [1.165, 1.54) is 0 Å². The number of nitrogens with one attached hydrogen (secondary N) is 2. The molecule has 33 nitrogen and oxygen atoms in total. The highest BCUT2D eigenvalue weighted by molar-refractivity contribution is 5.73. The number of hydrogen-bond acceptors (Lipinski definition) is 31. The van der Waals surface area contributed by atoms with Gasteiger partial charge in [0.05, 0.1) is 39.6 Å². The van der Waals surface area contributed by atoms with Crippen LogP contribution >= 0.6 is 0 Å². The smallest absolute Gasteiger partial charge is 0.217 e. The SMILES string of the molecule is CC(=O)N[C@@H]1[C@@H](O)[C@H](O[C@@H]2O[C@H](CO)[C@@H](O[C@@H]3O[C@H](CO[C@H]4O[C@H](CO)[C@@H](O)[C@H](O[C@H]5O[C@H](CO)[C@@H](O)[C@H](O)[C@@H]5O)[C@@H]4O)[C@@H](O)[C@H](O[C@@H]4O[C@H](CO)[C@@H](O)[C@H](O)[C@@H]4O)[C@@H]3O)[C@H](O)[C@H]2NC(C)=O)[C@@H](CO)O[C@H]1O. The van der Waals surface area contributed by atoms with Crippen LogP contribution in [0.3, 0.4) is 0 Å². The average Bonchev–Trinajstić information content (AvgIpc) is 3.35. The molecular formula is C40H68N2O31. The number of aliphatic hydroxyl groups excluding tert-OH is 18. The Morgan fingerprint density at radius 3 is 1.18 bits per heavy atom. The Bertz CT molecular complexity index is 1750. The molecule has 6 saturated heterocycles. The summed E-state index contributed by atoms with van der Waals surface area (Å²) in [5.41, 5.74) is 0. The molecule has 0 unspecified atom stereocenters. The predicted octanol–water partition coefficient (Wildman–Crippen LogP) is -13.8. The van der Waals surface area contributed by atoms with Crippen LogP contribution in [0.15, 0.2) is 0 Å². The second-order valence-electron chi connectivity index (χ2n) is 18.3.